The summed E-state index contributed by atoms with van der Waals surface area (Å²) >= 11 is 0. The van der Waals surface area contributed by atoms with Gasteiger partial charge in [0.25, 0.3) is 0 Å². The van der Waals surface area contributed by atoms with Gasteiger partial charge >= 0.3 is 5.56 Å². The summed E-state index contributed by atoms with van der Waals surface area (Å²) in [7, 11) is -1.50. The number of piperazine rings is 1. The lowest BCUT2D eigenvalue weighted by molar-refractivity contribution is 0.0204. The van der Waals surface area contributed by atoms with Gasteiger partial charge in [0.1, 0.15) is 11.8 Å². The van der Waals surface area contributed by atoms with E-state index in [1.165, 1.54) is 4.68 Å². The smallest absolute Gasteiger partial charge is 0.316 e. The van der Waals surface area contributed by atoms with Crippen molar-refractivity contribution in [3.63, 3.8) is 0 Å². The third kappa shape index (κ3) is 4.71. The van der Waals surface area contributed by atoms with Crippen LogP contribution in [0.1, 0.15) is 38.5 Å². The van der Waals surface area contributed by atoms with Crippen molar-refractivity contribution in [2.75, 3.05) is 38.2 Å². The van der Waals surface area contributed by atoms with Crippen LogP contribution in [0.15, 0.2) is 41.3 Å². The van der Waals surface area contributed by atoms with Crippen LogP contribution in [-0.4, -0.2) is 73.3 Å². The summed E-state index contributed by atoms with van der Waals surface area (Å²) in [6.45, 7) is 1.78. The number of aromatic nitrogens is 2. The lowest BCUT2D eigenvalue weighted by atomic mass is 9.95. The molecule has 9 nitrogen and oxygen atoms in total. The molecule has 184 valence electrons. The zero-order valence-corrected chi connectivity index (χ0v) is 20.3. The lowest BCUT2D eigenvalue weighted by Gasteiger charge is -2.36. The maximum absolute atomic E-state index is 13.6. The van der Waals surface area contributed by atoms with Crippen molar-refractivity contribution >= 4 is 15.7 Å². The summed E-state index contributed by atoms with van der Waals surface area (Å²) in [6.07, 6.45) is 6.75. The Bertz CT molecular complexity index is 1160. The first-order valence-corrected chi connectivity index (χ1v) is 13.6. The number of rotatable bonds is 7. The van der Waals surface area contributed by atoms with E-state index in [4.69, 9.17) is 9.47 Å². The van der Waals surface area contributed by atoms with Crippen LogP contribution in [0.2, 0.25) is 0 Å². The molecular formula is C24H32N4O5S. The van der Waals surface area contributed by atoms with E-state index >= 15 is 0 Å². The van der Waals surface area contributed by atoms with Gasteiger partial charge in [0, 0.05) is 39.7 Å². The number of para-hydroxylation sites is 1. The summed E-state index contributed by atoms with van der Waals surface area (Å²) in [5.41, 5.74) is 0.985. The third-order valence-corrected chi connectivity index (χ3v) is 9.39. The van der Waals surface area contributed by atoms with Crippen molar-refractivity contribution in [2.24, 2.45) is 0 Å². The van der Waals surface area contributed by atoms with Gasteiger partial charge in [-0.3, -0.25) is 4.79 Å². The van der Waals surface area contributed by atoms with Gasteiger partial charge in [0.2, 0.25) is 15.8 Å². The first-order chi connectivity index (χ1) is 16.5. The number of ether oxygens (including phenoxy) is 2. The third-order valence-electron chi connectivity index (χ3n) is 7.00. The van der Waals surface area contributed by atoms with Gasteiger partial charge in [-0.25, -0.2) is 8.42 Å². The molecule has 10 heteroatoms. The highest BCUT2D eigenvalue weighted by Crippen LogP contribution is 2.33. The van der Waals surface area contributed by atoms with Crippen molar-refractivity contribution in [1.29, 1.82) is 0 Å². The minimum Gasteiger partial charge on any atom is -0.483 e. The molecule has 2 aliphatic carbocycles. The maximum Gasteiger partial charge on any atom is 0.316 e. The van der Waals surface area contributed by atoms with Crippen LogP contribution in [0, 0.1) is 0 Å². The van der Waals surface area contributed by atoms with E-state index in [1.54, 1.807) is 17.6 Å². The van der Waals surface area contributed by atoms with E-state index < -0.39 is 10.0 Å². The predicted molar refractivity (Wildman–Crippen MR) is 129 cm³/mol. The Morgan fingerprint density at radius 3 is 2.35 bits per heavy atom. The van der Waals surface area contributed by atoms with E-state index in [0.717, 1.165) is 38.5 Å². The molecule has 0 N–H and O–H groups in total. The number of hydrogen-bond acceptors (Lipinski definition) is 7. The number of sulfonamides is 1. The van der Waals surface area contributed by atoms with Crippen LogP contribution in [0.5, 0.6) is 5.75 Å². The number of nitrogens with zero attached hydrogens (tertiary/aromatic N) is 4. The Hall–Kier alpha value is -2.43. The fraction of sp³-hybridized carbons (Fsp3) is 0.583. The molecule has 3 aliphatic rings. The second-order valence-electron chi connectivity index (χ2n) is 9.31. The molecule has 0 radical (unpaired) electrons. The average Bonchev–Trinajstić information content (AvgIpc) is 3.72. The van der Waals surface area contributed by atoms with Crippen molar-refractivity contribution in [3.8, 4) is 11.4 Å². The number of methoxy groups -OCH3 is 1. The molecule has 1 aliphatic heterocycles. The van der Waals surface area contributed by atoms with Gasteiger partial charge in [-0.05, 0) is 44.2 Å². The summed E-state index contributed by atoms with van der Waals surface area (Å²) in [5, 5.41) is 4.23. The summed E-state index contributed by atoms with van der Waals surface area (Å²) in [5.74, 6) is 0.277. The van der Waals surface area contributed by atoms with E-state index in [1.807, 2.05) is 35.2 Å². The summed E-state index contributed by atoms with van der Waals surface area (Å²) in [4.78, 5) is 15.6. The standard InChI is InChI=1S/C24H32N4O5S/c1-32-19-8-5-9-20(16-19)33-23-22(17-25-28(24(23)29)18-6-3-2-4-7-18)26-12-14-27(15-13-26)34(30,31)21-10-11-21/h2-4,6-7,17,19-21H,5,8-16H2,1H3. The SMILES string of the molecule is COC1CCCC(Oc2c(N3CCN(S(=O)(=O)C4CC4)CC3)cnn(-c3ccccc3)c2=O)C1. The molecule has 2 atom stereocenters. The van der Waals surface area contributed by atoms with E-state index in [2.05, 4.69) is 5.10 Å². The van der Waals surface area contributed by atoms with E-state index in [0.29, 0.717) is 37.6 Å². The van der Waals surface area contributed by atoms with Crippen LogP contribution in [-0.2, 0) is 14.8 Å². The van der Waals surface area contributed by atoms with Crippen LogP contribution >= 0.6 is 0 Å². The summed E-state index contributed by atoms with van der Waals surface area (Å²) < 4.78 is 40.2. The maximum atomic E-state index is 13.6. The fourth-order valence-electron chi connectivity index (χ4n) is 4.87. The van der Waals surface area contributed by atoms with E-state index in [-0.39, 0.29) is 28.8 Å². The highest BCUT2D eigenvalue weighted by molar-refractivity contribution is 7.90. The fourth-order valence-corrected chi connectivity index (χ4v) is 6.69. The quantitative estimate of drug-likeness (QED) is 0.590. The second kappa shape index (κ2) is 9.67. The average molecular weight is 489 g/mol. The molecular weight excluding hydrogens is 456 g/mol. The van der Waals surface area contributed by atoms with Crippen LogP contribution < -0.4 is 15.2 Å². The van der Waals surface area contributed by atoms with Crippen molar-refractivity contribution in [3.05, 3.63) is 46.9 Å². The first-order valence-electron chi connectivity index (χ1n) is 12.1. The van der Waals surface area contributed by atoms with Crippen molar-refractivity contribution in [1.82, 2.24) is 14.1 Å². The van der Waals surface area contributed by atoms with Gasteiger partial charge < -0.3 is 14.4 Å². The second-order valence-corrected chi connectivity index (χ2v) is 11.5. The zero-order chi connectivity index (χ0) is 23.7. The molecule has 2 aromatic rings. The Morgan fingerprint density at radius 1 is 0.971 bits per heavy atom. The molecule has 3 fully saturated rings. The normalized spacial score (nSPS) is 24.2. The Balaban J connectivity index is 1.43. The van der Waals surface area contributed by atoms with Gasteiger partial charge in [-0.1, -0.05) is 18.2 Å². The van der Waals surface area contributed by atoms with E-state index in [9.17, 15) is 13.2 Å². The Morgan fingerprint density at radius 2 is 1.68 bits per heavy atom. The predicted octanol–water partition coefficient (Wildman–Crippen LogP) is 2.18. The molecule has 1 aromatic heterocycles. The largest absolute Gasteiger partial charge is 0.483 e. The molecule has 0 amide bonds. The topological polar surface area (TPSA) is 94.0 Å². The molecule has 2 unspecified atom stereocenters. The monoisotopic (exact) mass is 488 g/mol. The molecule has 0 spiro atoms. The molecule has 0 bridgehead atoms. The Kier molecular flexibility index (Phi) is 6.63. The molecule has 1 aromatic carbocycles. The van der Waals surface area contributed by atoms with Crippen LogP contribution in [0.25, 0.3) is 5.69 Å². The summed E-state index contributed by atoms with van der Waals surface area (Å²) in [6, 6.07) is 9.29. The first kappa shape index (κ1) is 23.3. The number of anilines is 1. The van der Waals surface area contributed by atoms with Crippen molar-refractivity contribution < 1.29 is 17.9 Å². The number of benzene rings is 1. The molecule has 34 heavy (non-hydrogen) atoms. The highest BCUT2D eigenvalue weighted by atomic mass is 32.2. The van der Waals surface area contributed by atoms with Crippen LogP contribution in [0.4, 0.5) is 5.69 Å². The minimum absolute atomic E-state index is 0.117. The lowest BCUT2D eigenvalue weighted by Crippen LogP contribution is -2.50. The van der Waals surface area contributed by atoms with Gasteiger partial charge in [0.05, 0.1) is 23.2 Å². The Labute approximate surface area is 200 Å². The van der Waals surface area contributed by atoms with Gasteiger partial charge in [-0.2, -0.15) is 14.1 Å². The highest BCUT2D eigenvalue weighted by Gasteiger charge is 2.41. The van der Waals surface area contributed by atoms with Crippen LogP contribution in [0.3, 0.4) is 0 Å². The van der Waals surface area contributed by atoms with Gasteiger partial charge in [-0.15, -0.1) is 0 Å². The number of hydrogen-bond donors (Lipinski definition) is 0. The molecule has 1 saturated heterocycles. The van der Waals surface area contributed by atoms with Crippen molar-refractivity contribution in [2.45, 2.75) is 56.0 Å². The van der Waals surface area contributed by atoms with Gasteiger partial charge in [0.15, 0.2) is 0 Å². The zero-order valence-electron chi connectivity index (χ0n) is 19.5. The molecule has 2 heterocycles. The molecule has 5 rings (SSSR count). The minimum atomic E-state index is -3.21. The molecule has 2 saturated carbocycles.